The van der Waals surface area contributed by atoms with Crippen molar-refractivity contribution in [2.24, 2.45) is 0 Å². The number of nitrogens with one attached hydrogen (secondary N) is 1. The van der Waals surface area contributed by atoms with Gasteiger partial charge in [0.05, 0.1) is 6.20 Å². The fraction of sp³-hybridized carbons (Fsp3) is 0.350. The van der Waals surface area contributed by atoms with Crippen LogP contribution < -0.4 is 15.8 Å². The number of anilines is 2. The summed E-state index contributed by atoms with van der Waals surface area (Å²) in [4.78, 5) is 22.1. The number of imidazole rings is 1. The molecule has 8 nitrogen and oxygen atoms in total. The van der Waals surface area contributed by atoms with E-state index in [9.17, 15) is 4.79 Å². The number of carbonyl (C=O) groups is 1. The Morgan fingerprint density at radius 3 is 2.75 bits per heavy atom. The van der Waals surface area contributed by atoms with E-state index in [1.54, 1.807) is 12.4 Å². The van der Waals surface area contributed by atoms with Gasteiger partial charge < -0.3 is 25.1 Å². The highest BCUT2D eigenvalue weighted by Gasteiger charge is 2.09. The van der Waals surface area contributed by atoms with E-state index in [0.29, 0.717) is 24.0 Å². The van der Waals surface area contributed by atoms with Gasteiger partial charge in [0.1, 0.15) is 12.3 Å². The van der Waals surface area contributed by atoms with Gasteiger partial charge in [0.15, 0.2) is 17.4 Å². The van der Waals surface area contributed by atoms with Gasteiger partial charge in [-0.1, -0.05) is 13.8 Å². The van der Waals surface area contributed by atoms with E-state index < -0.39 is 0 Å². The van der Waals surface area contributed by atoms with E-state index in [1.165, 1.54) is 6.92 Å². The Morgan fingerprint density at radius 1 is 1.25 bits per heavy atom. The smallest absolute Gasteiger partial charge is 0.222 e. The Labute approximate surface area is 164 Å². The highest BCUT2D eigenvalue weighted by Crippen LogP contribution is 2.27. The van der Waals surface area contributed by atoms with Gasteiger partial charge in [0.2, 0.25) is 5.91 Å². The zero-order chi connectivity index (χ0) is 20.1. The molecule has 148 valence electrons. The summed E-state index contributed by atoms with van der Waals surface area (Å²) in [5, 5.41) is 2.69. The zero-order valence-electron chi connectivity index (χ0n) is 16.5. The molecule has 0 saturated heterocycles. The van der Waals surface area contributed by atoms with Crippen LogP contribution in [0.3, 0.4) is 0 Å². The lowest BCUT2D eigenvalue weighted by Crippen LogP contribution is -2.28. The number of nitrogens with two attached hydrogens (primary N) is 1. The number of likely N-dealkylation sites (N-methyl/N-ethyl adjacent to an activating group) is 1. The molecule has 0 aliphatic carbocycles. The third kappa shape index (κ3) is 4.58. The van der Waals surface area contributed by atoms with E-state index in [2.05, 4.69) is 34.0 Å². The number of ether oxygens (including phenoxy) is 1. The number of amides is 1. The Hall–Kier alpha value is -3.13. The standard InChI is InChI=1S/C20H26N6O2/c1-4-25(5-2)8-9-28-17-10-16(11-22-20(17)21)15-6-7-19-24-18(23-14(3)27)13-26(19)12-15/h6-7,10-13H,4-5,8-9H2,1-3H3,(H2,21,22)(H,23,27). The molecule has 3 heterocycles. The molecule has 3 aromatic rings. The molecule has 3 aromatic heterocycles. The molecular formula is C20H26N6O2. The second-order valence-electron chi connectivity index (χ2n) is 6.47. The van der Waals surface area contributed by atoms with E-state index in [-0.39, 0.29) is 5.91 Å². The molecule has 0 bridgehead atoms. The van der Waals surface area contributed by atoms with Crippen LogP contribution in [0.15, 0.2) is 36.8 Å². The Kier molecular flexibility index (Phi) is 6.10. The molecule has 0 unspecified atom stereocenters. The summed E-state index contributed by atoms with van der Waals surface area (Å²) in [6, 6.07) is 5.74. The van der Waals surface area contributed by atoms with Crippen molar-refractivity contribution in [2.75, 3.05) is 37.3 Å². The summed E-state index contributed by atoms with van der Waals surface area (Å²) < 4.78 is 7.73. The number of pyridine rings is 2. The molecule has 0 aliphatic heterocycles. The minimum absolute atomic E-state index is 0.155. The first-order valence-electron chi connectivity index (χ1n) is 9.37. The molecule has 1 amide bonds. The van der Waals surface area contributed by atoms with Crippen LogP contribution in [0.1, 0.15) is 20.8 Å². The maximum absolute atomic E-state index is 11.2. The first kappa shape index (κ1) is 19.6. The number of rotatable bonds is 8. The molecule has 3 rings (SSSR count). The Morgan fingerprint density at radius 2 is 2.04 bits per heavy atom. The number of hydrogen-bond acceptors (Lipinski definition) is 6. The van der Waals surface area contributed by atoms with Crippen LogP contribution in [0, 0.1) is 0 Å². The van der Waals surface area contributed by atoms with Crippen molar-refractivity contribution >= 4 is 23.2 Å². The van der Waals surface area contributed by atoms with E-state index >= 15 is 0 Å². The molecule has 0 aliphatic rings. The average molecular weight is 382 g/mol. The monoisotopic (exact) mass is 382 g/mol. The molecule has 0 spiro atoms. The topological polar surface area (TPSA) is 97.8 Å². The van der Waals surface area contributed by atoms with Crippen molar-refractivity contribution in [2.45, 2.75) is 20.8 Å². The van der Waals surface area contributed by atoms with Crippen molar-refractivity contribution in [3.63, 3.8) is 0 Å². The van der Waals surface area contributed by atoms with Crippen molar-refractivity contribution in [1.29, 1.82) is 0 Å². The quantitative estimate of drug-likeness (QED) is 0.622. The van der Waals surface area contributed by atoms with Crippen LogP contribution in [0.5, 0.6) is 5.75 Å². The summed E-state index contributed by atoms with van der Waals surface area (Å²) >= 11 is 0. The summed E-state index contributed by atoms with van der Waals surface area (Å²) in [5.74, 6) is 1.31. The molecule has 0 aromatic carbocycles. The lowest BCUT2D eigenvalue weighted by atomic mass is 10.1. The van der Waals surface area contributed by atoms with Gasteiger partial charge in [-0.05, 0) is 31.3 Å². The Balaban J connectivity index is 1.80. The van der Waals surface area contributed by atoms with Gasteiger partial charge in [0, 0.05) is 37.0 Å². The fourth-order valence-electron chi connectivity index (χ4n) is 2.96. The van der Waals surface area contributed by atoms with Crippen LogP contribution in [0.2, 0.25) is 0 Å². The van der Waals surface area contributed by atoms with E-state index in [4.69, 9.17) is 10.5 Å². The van der Waals surface area contributed by atoms with Crippen molar-refractivity contribution in [3.8, 4) is 16.9 Å². The van der Waals surface area contributed by atoms with Crippen molar-refractivity contribution in [3.05, 3.63) is 36.8 Å². The highest BCUT2D eigenvalue weighted by atomic mass is 16.5. The minimum atomic E-state index is -0.155. The average Bonchev–Trinajstić information content (AvgIpc) is 3.07. The van der Waals surface area contributed by atoms with Gasteiger partial charge >= 0.3 is 0 Å². The second-order valence-corrected chi connectivity index (χ2v) is 6.47. The largest absolute Gasteiger partial charge is 0.488 e. The van der Waals surface area contributed by atoms with Gasteiger partial charge in [-0.15, -0.1) is 0 Å². The second kappa shape index (κ2) is 8.71. The number of nitrogen functional groups attached to an aromatic ring is 1. The van der Waals surface area contributed by atoms with Crippen LogP contribution in [-0.4, -0.2) is 51.4 Å². The Bertz CT molecular complexity index is 964. The van der Waals surface area contributed by atoms with Crippen molar-refractivity contribution in [1.82, 2.24) is 19.3 Å². The first-order valence-corrected chi connectivity index (χ1v) is 9.37. The summed E-state index contributed by atoms with van der Waals surface area (Å²) in [6.45, 7) is 9.07. The lowest BCUT2D eigenvalue weighted by molar-refractivity contribution is -0.114. The van der Waals surface area contributed by atoms with Crippen LogP contribution in [0.25, 0.3) is 16.8 Å². The van der Waals surface area contributed by atoms with Crippen LogP contribution in [-0.2, 0) is 4.79 Å². The normalized spacial score (nSPS) is 11.1. The first-order chi connectivity index (χ1) is 13.5. The van der Waals surface area contributed by atoms with Crippen LogP contribution >= 0.6 is 0 Å². The van der Waals surface area contributed by atoms with Gasteiger partial charge in [-0.3, -0.25) is 4.79 Å². The van der Waals surface area contributed by atoms with Gasteiger partial charge in [-0.2, -0.15) is 0 Å². The molecule has 0 fully saturated rings. The third-order valence-electron chi connectivity index (χ3n) is 4.53. The number of aromatic nitrogens is 3. The molecule has 0 atom stereocenters. The maximum Gasteiger partial charge on any atom is 0.222 e. The summed E-state index contributed by atoms with van der Waals surface area (Å²) in [6.07, 6.45) is 5.42. The SMILES string of the molecule is CCN(CC)CCOc1cc(-c2ccc3nc(NC(C)=O)cn3c2)cnc1N. The van der Waals surface area contributed by atoms with E-state index in [1.807, 2.05) is 28.8 Å². The predicted molar refractivity (Wildman–Crippen MR) is 110 cm³/mol. The summed E-state index contributed by atoms with van der Waals surface area (Å²) in [7, 11) is 0. The maximum atomic E-state index is 11.2. The van der Waals surface area contributed by atoms with Gasteiger partial charge in [-0.25, -0.2) is 9.97 Å². The highest BCUT2D eigenvalue weighted by molar-refractivity contribution is 5.87. The number of hydrogen-bond donors (Lipinski definition) is 2. The predicted octanol–water partition coefficient (Wildman–Crippen LogP) is 2.66. The number of nitrogens with zero attached hydrogens (tertiary/aromatic N) is 4. The molecular weight excluding hydrogens is 356 g/mol. The van der Waals surface area contributed by atoms with Gasteiger partial charge in [0.25, 0.3) is 0 Å². The molecule has 3 N–H and O–H groups in total. The number of carbonyl (C=O) groups excluding carboxylic acids is 1. The summed E-state index contributed by atoms with van der Waals surface area (Å²) in [5.41, 5.74) is 8.56. The minimum Gasteiger partial charge on any atom is -0.488 e. The van der Waals surface area contributed by atoms with Crippen molar-refractivity contribution < 1.29 is 9.53 Å². The molecule has 8 heteroatoms. The third-order valence-corrected chi connectivity index (χ3v) is 4.53. The lowest BCUT2D eigenvalue weighted by Gasteiger charge is -2.18. The zero-order valence-corrected chi connectivity index (χ0v) is 16.5. The fourth-order valence-corrected chi connectivity index (χ4v) is 2.96. The molecule has 28 heavy (non-hydrogen) atoms. The molecule has 0 radical (unpaired) electrons. The van der Waals surface area contributed by atoms with E-state index in [0.717, 1.165) is 36.4 Å². The molecule has 0 saturated carbocycles. The number of fused-ring (bicyclic) bond motifs is 1. The van der Waals surface area contributed by atoms with Crippen LogP contribution in [0.4, 0.5) is 11.6 Å².